The van der Waals surface area contributed by atoms with Crippen molar-refractivity contribution in [2.24, 2.45) is 5.92 Å². The maximum Gasteiger partial charge on any atom is 0.412 e. The molecule has 12 heteroatoms. The summed E-state index contributed by atoms with van der Waals surface area (Å²) in [6, 6.07) is 7.92. The van der Waals surface area contributed by atoms with Crippen molar-refractivity contribution in [3.63, 3.8) is 0 Å². The molecule has 0 heterocycles. The summed E-state index contributed by atoms with van der Waals surface area (Å²) in [6.07, 6.45) is 0.173. The fraction of sp³-hybridized carbons (Fsp3) is 0.125. The highest BCUT2D eigenvalue weighted by Gasteiger charge is 2.46. The van der Waals surface area contributed by atoms with Crippen LogP contribution in [0.1, 0.15) is 5.56 Å². The Balaban J connectivity index is 3.47. The van der Waals surface area contributed by atoms with Gasteiger partial charge in [-0.2, -0.15) is 19.2 Å². The summed E-state index contributed by atoms with van der Waals surface area (Å²) < 4.78 is 0. The van der Waals surface area contributed by atoms with Crippen LogP contribution in [0.4, 0.5) is 0 Å². The molecule has 1 aromatic rings. The Hall–Kier alpha value is -4.58. The maximum absolute atomic E-state index is 12.6. The Morgan fingerprint density at radius 3 is 1.57 bits per heavy atom. The van der Waals surface area contributed by atoms with Crippen LogP contribution in [0.5, 0.6) is 0 Å². The third-order valence-electron chi connectivity index (χ3n) is 3.40. The first-order valence-corrected chi connectivity index (χ1v) is 7.41. The lowest BCUT2D eigenvalue weighted by Gasteiger charge is -2.09. The van der Waals surface area contributed by atoms with Crippen molar-refractivity contribution in [2.75, 3.05) is 0 Å². The summed E-state index contributed by atoms with van der Waals surface area (Å²) in [5.74, 6) is -7.09. The molecule has 28 heavy (non-hydrogen) atoms. The van der Waals surface area contributed by atoms with Gasteiger partial charge in [-0.25, -0.2) is 0 Å². The van der Waals surface area contributed by atoms with Gasteiger partial charge in [-0.1, -0.05) is 30.3 Å². The quantitative estimate of drug-likeness (QED) is 0.218. The van der Waals surface area contributed by atoms with Crippen LogP contribution in [0.25, 0.3) is 22.1 Å². The molecule has 1 aromatic carbocycles. The molecule has 0 aliphatic carbocycles. The molecule has 0 bridgehead atoms. The topological polar surface area (TPSA) is 214 Å². The number of carbonyl (C=O) groups excluding carboxylic acids is 4. The number of rotatable bonds is 10. The van der Waals surface area contributed by atoms with E-state index >= 15 is 0 Å². The van der Waals surface area contributed by atoms with Crippen LogP contribution in [-0.2, 0) is 25.6 Å². The van der Waals surface area contributed by atoms with Crippen LogP contribution in [0.15, 0.2) is 30.3 Å². The molecule has 0 spiro atoms. The molecule has 0 saturated carbocycles. The van der Waals surface area contributed by atoms with Gasteiger partial charge in [0.15, 0.2) is 0 Å². The number of benzene rings is 1. The molecule has 0 atom stereocenters. The number of carbonyl (C=O) groups is 4. The summed E-state index contributed by atoms with van der Waals surface area (Å²) in [7, 11) is 0. The zero-order valence-electron chi connectivity index (χ0n) is 14.0. The SMILES string of the molecule is [N-]=[N+]=CC(=O)C(=[N+]=[N-])C(=O)C(Cc1ccccc1)C(=O)C(=[N+]=[N-])C(=O)C=[N+]=[N-]. The van der Waals surface area contributed by atoms with E-state index < -0.39 is 40.5 Å². The molecule has 0 amide bonds. The number of ketones is 4. The standard InChI is InChI=1S/C16H10N8O4/c17-21-7-11(25)13(23-19)15(27)10(6-9-4-2-1-3-5-9)16(28)14(24-20)12(26)8-22-18/h1-5,7-8,10H,6H2. The molecule has 0 unspecified atom stereocenters. The van der Waals surface area contributed by atoms with Crippen LogP contribution < -0.4 is 0 Å². The molecule has 12 nitrogen and oxygen atoms in total. The van der Waals surface area contributed by atoms with E-state index in [4.69, 9.17) is 22.1 Å². The average molecular weight is 378 g/mol. The van der Waals surface area contributed by atoms with Gasteiger partial charge < -0.3 is 22.1 Å². The first-order valence-electron chi connectivity index (χ1n) is 7.41. The zero-order chi connectivity index (χ0) is 21.1. The van der Waals surface area contributed by atoms with E-state index in [0.717, 1.165) is 0 Å². The van der Waals surface area contributed by atoms with E-state index in [9.17, 15) is 19.2 Å². The molecule has 0 radical (unpaired) electrons. The fourth-order valence-electron chi connectivity index (χ4n) is 2.15. The van der Waals surface area contributed by atoms with Crippen molar-refractivity contribution < 1.29 is 38.3 Å². The van der Waals surface area contributed by atoms with Gasteiger partial charge in [0, 0.05) is 0 Å². The van der Waals surface area contributed by atoms with Gasteiger partial charge in [-0.3, -0.25) is 19.2 Å². The van der Waals surface area contributed by atoms with Crippen LogP contribution in [0.2, 0.25) is 0 Å². The van der Waals surface area contributed by atoms with Crippen molar-refractivity contribution in [1.82, 2.24) is 0 Å². The summed E-state index contributed by atoms with van der Waals surface area (Å²) in [4.78, 5) is 58.6. The number of nitrogens with zero attached hydrogens (tertiary/aromatic N) is 8. The molecule has 0 N–H and O–H groups in total. The second-order valence-corrected chi connectivity index (χ2v) is 5.09. The highest BCUT2D eigenvalue weighted by molar-refractivity contribution is 6.80. The summed E-state index contributed by atoms with van der Waals surface area (Å²) in [5, 5.41) is 0. The van der Waals surface area contributed by atoms with Gasteiger partial charge in [0.25, 0.3) is 11.6 Å². The summed E-state index contributed by atoms with van der Waals surface area (Å²) in [5.41, 5.74) is 32.9. The van der Waals surface area contributed by atoms with Crippen molar-refractivity contribution in [1.29, 1.82) is 0 Å². The van der Waals surface area contributed by atoms with Crippen molar-refractivity contribution >= 4 is 47.0 Å². The molecular formula is C16H10N8O4. The number of hydrogen-bond acceptors (Lipinski definition) is 4. The van der Waals surface area contributed by atoms with E-state index in [-0.39, 0.29) is 18.9 Å². The fourth-order valence-corrected chi connectivity index (χ4v) is 2.15. The molecule has 0 fully saturated rings. The predicted octanol–water partition coefficient (Wildman–Crippen LogP) is -0.936. The monoisotopic (exact) mass is 378 g/mol. The van der Waals surface area contributed by atoms with E-state index in [0.29, 0.717) is 5.56 Å². The third-order valence-corrected chi connectivity index (χ3v) is 3.40. The summed E-state index contributed by atoms with van der Waals surface area (Å²) >= 11 is 0. The molecule has 0 aromatic heterocycles. The first kappa shape index (κ1) is 21.5. The first-order chi connectivity index (χ1) is 13.4. The molecule has 0 aliphatic heterocycles. The third kappa shape index (κ3) is 5.21. The Morgan fingerprint density at radius 2 is 1.21 bits per heavy atom. The molecule has 138 valence electrons. The van der Waals surface area contributed by atoms with Crippen LogP contribution in [0.3, 0.4) is 0 Å². The van der Waals surface area contributed by atoms with Crippen LogP contribution >= 0.6 is 0 Å². The number of Topliss-reactive ketones (excluding diaryl/α,β-unsaturated/α-hetero) is 4. The highest BCUT2D eigenvalue weighted by atomic mass is 16.2. The van der Waals surface area contributed by atoms with Crippen LogP contribution in [0, 0.1) is 5.92 Å². The minimum absolute atomic E-state index is 0.265. The normalized spacial score (nSPS) is 10.0. The largest absolute Gasteiger partial charge is 0.412 e. The van der Waals surface area contributed by atoms with Crippen molar-refractivity contribution in [3.8, 4) is 0 Å². The Morgan fingerprint density at radius 1 is 0.786 bits per heavy atom. The van der Waals surface area contributed by atoms with E-state index in [1.807, 2.05) is 0 Å². The average Bonchev–Trinajstić information content (AvgIpc) is 2.68. The molecule has 0 saturated heterocycles. The second-order valence-electron chi connectivity index (χ2n) is 5.09. The molecule has 0 aliphatic rings. The lowest BCUT2D eigenvalue weighted by Crippen LogP contribution is -2.42. The van der Waals surface area contributed by atoms with Gasteiger partial charge in [0.2, 0.25) is 0 Å². The minimum atomic E-state index is -1.81. The Labute approximate surface area is 156 Å². The molecule has 1 rings (SSSR count). The van der Waals surface area contributed by atoms with E-state index in [2.05, 4.69) is 19.2 Å². The van der Waals surface area contributed by atoms with Gasteiger partial charge in [-0.15, -0.1) is 0 Å². The van der Waals surface area contributed by atoms with Crippen molar-refractivity contribution in [3.05, 3.63) is 58.0 Å². The Kier molecular flexibility index (Phi) is 7.99. The van der Waals surface area contributed by atoms with Gasteiger partial charge in [0.1, 0.15) is 5.92 Å². The second kappa shape index (κ2) is 10.4. The van der Waals surface area contributed by atoms with Gasteiger partial charge in [-0.05, 0) is 12.0 Å². The Bertz CT molecular complexity index is 972. The minimum Gasteiger partial charge on any atom is -0.361 e. The van der Waals surface area contributed by atoms with Gasteiger partial charge >= 0.3 is 35.4 Å². The summed E-state index contributed by atoms with van der Waals surface area (Å²) in [6.45, 7) is 0. The van der Waals surface area contributed by atoms with E-state index in [1.54, 1.807) is 18.2 Å². The van der Waals surface area contributed by atoms with Crippen LogP contribution in [-0.4, -0.2) is 66.1 Å². The lowest BCUT2D eigenvalue weighted by atomic mass is 9.85. The predicted molar refractivity (Wildman–Crippen MR) is 90.3 cm³/mol. The zero-order valence-corrected chi connectivity index (χ0v) is 14.0. The molecular weight excluding hydrogens is 368 g/mol. The van der Waals surface area contributed by atoms with Crippen molar-refractivity contribution in [2.45, 2.75) is 6.42 Å². The highest BCUT2D eigenvalue weighted by Crippen LogP contribution is 2.13. The van der Waals surface area contributed by atoms with E-state index in [1.165, 1.54) is 12.1 Å². The maximum atomic E-state index is 12.6. The smallest absolute Gasteiger partial charge is 0.361 e. The number of hydrogen-bond donors (Lipinski definition) is 0. The van der Waals surface area contributed by atoms with Gasteiger partial charge in [0.05, 0.1) is 0 Å². The lowest BCUT2D eigenvalue weighted by molar-refractivity contribution is -0.132.